The van der Waals surface area contributed by atoms with Crippen molar-refractivity contribution in [3.05, 3.63) is 135 Å². The fraction of sp³-hybridized carbons (Fsp3) is 0.231. The summed E-state index contributed by atoms with van der Waals surface area (Å²) in [6, 6.07) is 21.3. The van der Waals surface area contributed by atoms with Crippen molar-refractivity contribution in [3.8, 4) is 28.5 Å². The van der Waals surface area contributed by atoms with Crippen LogP contribution in [0.25, 0.3) is 22.2 Å². The van der Waals surface area contributed by atoms with Crippen molar-refractivity contribution < 1.29 is 27.4 Å². The van der Waals surface area contributed by atoms with Crippen LogP contribution in [-0.2, 0) is 25.8 Å². The second-order valence-corrected chi connectivity index (χ2v) is 12.5. The van der Waals surface area contributed by atoms with Crippen molar-refractivity contribution in [1.29, 1.82) is 0 Å². The van der Waals surface area contributed by atoms with Gasteiger partial charge in [0.1, 0.15) is 29.3 Å². The van der Waals surface area contributed by atoms with Crippen LogP contribution in [-0.4, -0.2) is 47.3 Å². The normalized spacial score (nSPS) is 11.5. The molecular formula is C39H36ClF3N6O4. The van der Waals surface area contributed by atoms with Gasteiger partial charge in [0, 0.05) is 44.1 Å². The van der Waals surface area contributed by atoms with E-state index in [0.717, 1.165) is 16.7 Å². The molecule has 53 heavy (non-hydrogen) atoms. The highest BCUT2D eigenvalue weighted by molar-refractivity contribution is 6.36. The molecule has 3 heterocycles. The molecule has 2 N–H and O–H groups in total. The highest BCUT2D eigenvalue weighted by atomic mass is 35.5. The first kappa shape index (κ1) is 37.1. The highest BCUT2D eigenvalue weighted by Crippen LogP contribution is 2.46. The van der Waals surface area contributed by atoms with Crippen LogP contribution in [0.2, 0.25) is 5.02 Å². The summed E-state index contributed by atoms with van der Waals surface area (Å²) in [6.45, 7) is 2.87. The van der Waals surface area contributed by atoms with E-state index in [2.05, 4.69) is 25.3 Å². The molecule has 0 bridgehead atoms. The van der Waals surface area contributed by atoms with Crippen molar-refractivity contribution in [3.63, 3.8) is 0 Å². The van der Waals surface area contributed by atoms with Gasteiger partial charge in [-0.15, -0.1) is 0 Å². The van der Waals surface area contributed by atoms with E-state index in [1.54, 1.807) is 26.6 Å². The third kappa shape index (κ3) is 8.70. The summed E-state index contributed by atoms with van der Waals surface area (Å²) in [5, 5.41) is 3.03. The summed E-state index contributed by atoms with van der Waals surface area (Å²) >= 11 is 6.95. The van der Waals surface area contributed by atoms with Gasteiger partial charge in [0.2, 0.25) is 0 Å². The van der Waals surface area contributed by atoms with Crippen LogP contribution < -0.4 is 30.0 Å². The molecule has 6 aromatic rings. The summed E-state index contributed by atoms with van der Waals surface area (Å²) in [7, 11) is 3.14. The minimum atomic E-state index is -4.81. The number of nitrogens with zero attached hydrogens (tertiary/aromatic N) is 4. The molecule has 0 aliphatic carbocycles. The number of ether oxygens (including phenoxy) is 3. The third-order valence-electron chi connectivity index (χ3n) is 8.53. The van der Waals surface area contributed by atoms with Gasteiger partial charge in [0.05, 0.1) is 42.3 Å². The summed E-state index contributed by atoms with van der Waals surface area (Å²) in [5.74, 6) is 1.51. The predicted molar refractivity (Wildman–Crippen MR) is 198 cm³/mol. The Morgan fingerprint density at radius 1 is 0.925 bits per heavy atom. The lowest BCUT2D eigenvalue weighted by atomic mass is 9.99. The van der Waals surface area contributed by atoms with E-state index in [0.29, 0.717) is 37.7 Å². The molecule has 0 unspecified atom stereocenters. The number of halogens is 4. The average Bonchev–Trinajstić information content (AvgIpc) is 3.15. The minimum Gasteiger partial charge on any atom is -0.497 e. The van der Waals surface area contributed by atoms with Gasteiger partial charge in [-0.05, 0) is 71.6 Å². The number of hydrogen-bond acceptors (Lipinski definition) is 9. The van der Waals surface area contributed by atoms with Crippen LogP contribution in [0.1, 0.15) is 27.8 Å². The lowest BCUT2D eigenvalue weighted by Gasteiger charge is -2.27. The van der Waals surface area contributed by atoms with Crippen molar-refractivity contribution >= 4 is 28.3 Å². The van der Waals surface area contributed by atoms with Gasteiger partial charge in [-0.1, -0.05) is 41.9 Å². The van der Waals surface area contributed by atoms with Crippen molar-refractivity contribution in [1.82, 2.24) is 25.3 Å². The Bertz CT molecular complexity index is 2190. The first-order chi connectivity index (χ1) is 25.5. The maximum absolute atomic E-state index is 15.0. The number of hydrogen-bond donors (Lipinski definition) is 2. The second kappa shape index (κ2) is 16.3. The second-order valence-electron chi connectivity index (χ2n) is 12.2. The third-order valence-corrected chi connectivity index (χ3v) is 8.91. The molecule has 3 aromatic heterocycles. The topological polar surface area (TPSA) is 114 Å². The van der Waals surface area contributed by atoms with Crippen LogP contribution >= 0.6 is 11.6 Å². The molecule has 0 aliphatic heterocycles. The molecule has 0 atom stereocenters. The summed E-state index contributed by atoms with van der Waals surface area (Å²) in [4.78, 5) is 30.5. The molecule has 0 radical (unpaired) electrons. The number of aromatic nitrogens is 4. The number of alkyl halides is 3. The predicted octanol–water partition coefficient (Wildman–Crippen LogP) is 7.75. The van der Waals surface area contributed by atoms with Crippen molar-refractivity contribution in [2.75, 3.05) is 32.3 Å². The van der Waals surface area contributed by atoms with Crippen LogP contribution in [0.3, 0.4) is 0 Å². The van der Waals surface area contributed by atoms with Gasteiger partial charge in [0.25, 0.3) is 5.56 Å². The standard InChI is InChI=1S/C39H36ClF3N6O4/c1-24-17-32(49(21-25-6-10-28(51-2)11-7-25)22-26-8-12-29(52-3)13-9-26)48-36(34(24)39(41,42)43)30-18-31-33(38(50)47-23-46-31)37(35(30)40)53-16-15-45-20-27-5-4-14-44-19-27/h4-14,17-19,23,45H,15-16,20-22H2,1-3H3,(H,46,47,50). The first-order valence-corrected chi connectivity index (χ1v) is 17.0. The van der Waals surface area contributed by atoms with Crippen LogP contribution in [0.4, 0.5) is 19.0 Å². The molecule has 0 aliphatic rings. The molecule has 274 valence electrons. The minimum absolute atomic E-state index is 0.00980. The van der Waals surface area contributed by atoms with E-state index in [1.165, 1.54) is 25.4 Å². The monoisotopic (exact) mass is 744 g/mol. The van der Waals surface area contributed by atoms with E-state index >= 15 is 0 Å². The lowest BCUT2D eigenvalue weighted by Crippen LogP contribution is -2.24. The van der Waals surface area contributed by atoms with Crippen LogP contribution in [0.15, 0.2) is 96.3 Å². The van der Waals surface area contributed by atoms with Gasteiger partial charge >= 0.3 is 6.18 Å². The van der Waals surface area contributed by atoms with E-state index in [4.69, 9.17) is 25.8 Å². The Morgan fingerprint density at radius 2 is 1.58 bits per heavy atom. The summed E-state index contributed by atoms with van der Waals surface area (Å²) in [5.41, 5.74) is 0.707. The fourth-order valence-electron chi connectivity index (χ4n) is 5.93. The van der Waals surface area contributed by atoms with E-state index in [1.807, 2.05) is 65.6 Å². The highest BCUT2D eigenvalue weighted by Gasteiger charge is 2.38. The first-order valence-electron chi connectivity index (χ1n) is 16.6. The van der Waals surface area contributed by atoms with E-state index < -0.39 is 23.0 Å². The molecule has 14 heteroatoms. The molecular weight excluding hydrogens is 709 g/mol. The molecule has 0 saturated heterocycles. The van der Waals surface area contributed by atoms with Gasteiger partial charge in [0.15, 0.2) is 5.75 Å². The number of fused-ring (bicyclic) bond motifs is 1. The maximum Gasteiger partial charge on any atom is 0.418 e. The quantitative estimate of drug-likeness (QED) is 0.108. The van der Waals surface area contributed by atoms with Crippen molar-refractivity contribution in [2.45, 2.75) is 32.7 Å². The van der Waals surface area contributed by atoms with Crippen LogP contribution in [0, 0.1) is 6.92 Å². The Balaban J connectivity index is 1.44. The number of aromatic amines is 1. The number of H-pyrrole nitrogens is 1. The van der Waals surface area contributed by atoms with Crippen molar-refractivity contribution in [2.24, 2.45) is 0 Å². The molecule has 3 aromatic carbocycles. The van der Waals surface area contributed by atoms with Gasteiger partial charge < -0.3 is 29.4 Å². The SMILES string of the molecule is COc1ccc(CN(Cc2ccc(OC)cc2)c2cc(C)c(C(F)(F)F)c(-c3cc4nc[nH]c(=O)c4c(OCCNCc4cccnc4)c3Cl)n2)cc1. The smallest absolute Gasteiger partial charge is 0.418 e. The van der Waals surface area contributed by atoms with Gasteiger partial charge in [-0.2, -0.15) is 13.2 Å². The average molecular weight is 745 g/mol. The van der Waals surface area contributed by atoms with Gasteiger partial charge in [-0.3, -0.25) is 9.78 Å². The number of rotatable bonds is 14. The molecule has 10 nitrogen and oxygen atoms in total. The van der Waals surface area contributed by atoms with Gasteiger partial charge in [-0.25, -0.2) is 9.97 Å². The molecule has 0 spiro atoms. The summed E-state index contributed by atoms with van der Waals surface area (Å²) in [6.07, 6.45) is -0.233. The zero-order chi connectivity index (χ0) is 37.5. The summed E-state index contributed by atoms with van der Waals surface area (Å²) < 4.78 is 61.6. The number of methoxy groups -OCH3 is 2. The zero-order valence-electron chi connectivity index (χ0n) is 29.1. The lowest BCUT2D eigenvalue weighted by molar-refractivity contribution is -0.137. The van der Waals surface area contributed by atoms with Crippen LogP contribution in [0.5, 0.6) is 17.2 Å². The maximum atomic E-state index is 15.0. The molecule has 6 rings (SSSR count). The largest absolute Gasteiger partial charge is 0.497 e. The van der Waals surface area contributed by atoms with E-state index in [-0.39, 0.29) is 45.2 Å². The Labute approximate surface area is 308 Å². The number of pyridine rings is 2. The Morgan fingerprint density at radius 3 is 2.17 bits per heavy atom. The van der Waals surface area contributed by atoms with E-state index in [9.17, 15) is 18.0 Å². The Hall–Kier alpha value is -5.66. The fourth-order valence-corrected chi connectivity index (χ4v) is 6.23. The Kier molecular flexibility index (Phi) is 11.4. The molecule has 0 saturated carbocycles. The molecule has 0 amide bonds. The number of benzene rings is 3. The number of aryl methyl sites for hydroxylation is 1. The molecule has 0 fully saturated rings. The number of anilines is 1. The zero-order valence-corrected chi connectivity index (χ0v) is 29.9. The number of nitrogens with one attached hydrogen (secondary N) is 2.